The molecule has 0 aliphatic rings. The van der Waals surface area contributed by atoms with Gasteiger partial charge in [0.25, 0.3) is 0 Å². The predicted octanol–water partition coefficient (Wildman–Crippen LogP) is 1.89. The zero-order valence-electron chi connectivity index (χ0n) is 8.24. The van der Waals surface area contributed by atoms with Gasteiger partial charge in [-0.2, -0.15) is 5.10 Å². The van der Waals surface area contributed by atoms with Gasteiger partial charge in [-0.3, -0.25) is 4.68 Å². The van der Waals surface area contributed by atoms with Gasteiger partial charge in [-0.15, -0.1) is 0 Å². The van der Waals surface area contributed by atoms with Crippen molar-refractivity contribution in [3.05, 3.63) is 36.4 Å². The molecule has 1 aromatic carbocycles. The molecule has 78 valence electrons. The first-order valence-corrected chi connectivity index (χ1v) is 4.46. The number of nitrogen functional groups attached to an aromatic ring is 1. The van der Waals surface area contributed by atoms with Crippen molar-refractivity contribution >= 4 is 17.1 Å². The van der Waals surface area contributed by atoms with E-state index in [1.54, 1.807) is 36.3 Å². The molecule has 1 heterocycles. The summed E-state index contributed by atoms with van der Waals surface area (Å²) in [6, 6.07) is 4.64. The highest BCUT2D eigenvalue weighted by atomic mass is 19.1. The minimum atomic E-state index is -0.427. The van der Waals surface area contributed by atoms with Crippen molar-refractivity contribution in [3.8, 4) is 0 Å². The maximum absolute atomic E-state index is 13.1. The van der Waals surface area contributed by atoms with E-state index >= 15 is 0 Å². The van der Waals surface area contributed by atoms with Gasteiger partial charge in [-0.25, -0.2) is 4.39 Å². The Morgan fingerprint density at radius 1 is 1.47 bits per heavy atom. The van der Waals surface area contributed by atoms with E-state index in [4.69, 9.17) is 5.73 Å². The Morgan fingerprint density at radius 3 is 2.93 bits per heavy atom. The van der Waals surface area contributed by atoms with Gasteiger partial charge in [0.05, 0.1) is 23.3 Å². The third-order valence-electron chi connectivity index (χ3n) is 2.04. The van der Waals surface area contributed by atoms with Crippen LogP contribution in [0.1, 0.15) is 0 Å². The van der Waals surface area contributed by atoms with Crippen LogP contribution in [-0.4, -0.2) is 9.78 Å². The van der Waals surface area contributed by atoms with Crippen LogP contribution >= 0.6 is 0 Å². The number of nitrogens with two attached hydrogens (primary N) is 1. The molecule has 0 radical (unpaired) electrons. The molecule has 0 bridgehead atoms. The predicted molar refractivity (Wildman–Crippen MR) is 57.3 cm³/mol. The Kier molecular flexibility index (Phi) is 2.29. The van der Waals surface area contributed by atoms with Crippen LogP contribution in [0.15, 0.2) is 30.6 Å². The van der Waals surface area contributed by atoms with Crippen molar-refractivity contribution in [1.29, 1.82) is 0 Å². The van der Waals surface area contributed by atoms with E-state index in [9.17, 15) is 4.39 Å². The van der Waals surface area contributed by atoms with Crippen molar-refractivity contribution in [2.24, 2.45) is 7.05 Å². The van der Waals surface area contributed by atoms with E-state index in [0.717, 1.165) is 5.69 Å². The molecule has 0 spiro atoms. The molecule has 0 fully saturated rings. The second kappa shape index (κ2) is 3.61. The molecule has 0 aliphatic heterocycles. The molecule has 0 atom stereocenters. The van der Waals surface area contributed by atoms with Gasteiger partial charge in [0.1, 0.15) is 5.82 Å². The molecule has 0 amide bonds. The average molecular weight is 206 g/mol. The highest BCUT2D eigenvalue weighted by Crippen LogP contribution is 2.24. The molecule has 15 heavy (non-hydrogen) atoms. The van der Waals surface area contributed by atoms with Gasteiger partial charge in [-0.05, 0) is 12.1 Å². The third-order valence-corrected chi connectivity index (χ3v) is 2.04. The van der Waals surface area contributed by atoms with Crippen LogP contribution in [-0.2, 0) is 7.05 Å². The Hall–Kier alpha value is -2.04. The lowest BCUT2D eigenvalue weighted by atomic mass is 10.2. The van der Waals surface area contributed by atoms with Crippen LogP contribution in [0.2, 0.25) is 0 Å². The highest BCUT2D eigenvalue weighted by Gasteiger charge is 2.04. The molecule has 1 aromatic heterocycles. The van der Waals surface area contributed by atoms with Gasteiger partial charge >= 0.3 is 0 Å². The van der Waals surface area contributed by atoms with Crippen molar-refractivity contribution in [3.63, 3.8) is 0 Å². The molecule has 0 aliphatic carbocycles. The minimum absolute atomic E-state index is 0.112. The lowest BCUT2D eigenvalue weighted by Gasteiger charge is -2.07. The van der Waals surface area contributed by atoms with Crippen molar-refractivity contribution < 1.29 is 4.39 Å². The number of nitrogens with one attached hydrogen (secondary N) is 1. The summed E-state index contributed by atoms with van der Waals surface area (Å²) in [5, 5.41) is 6.97. The summed E-state index contributed by atoms with van der Waals surface area (Å²) < 4.78 is 14.8. The number of benzene rings is 1. The van der Waals surface area contributed by atoms with Crippen LogP contribution in [0.25, 0.3) is 0 Å². The van der Waals surface area contributed by atoms with Crippen LogP contribution in [0, 0.1) is 5.82 Å². The maximum atomic E-state index is 13.1. The van der Waals surface area contributed by atoms with Gasteiger partial charge in [0, 0.05) is 13.2 Å². The summed E-state index contributed by atoms with van der Waals surface area (Å²) in [5.74, 6) is -0.427. The minimum Gasteiger partial charge on any atom is -0.395 e. The number of anilines is 3. The smallest absolute Gasteiger partial charge is 0.148 e. The fourth-order valence-corrected chi connectivity index (χ4v) is 1.29. The van der Waals surface area contributed by atoms with E-state index in [2.05, 4.69) is 10.4 Å². The second-order valence-corrected chi connectivity index (χ2v) is 3.23. The van der Waals surface area contributed by atoms with Crippen molar-refractivity contribution in [2.45, 2.75) is 0 Å². The zero-order chi connectivity index (χ0) is 10.8. The molecule has 2 aromatic rings. The fourth-order valence-electron chi connectivity index (χ4n) is 1.29. The molecular weight excluding hydrogens is 195 g/mol. The van der Waals surface area contributed by atoms with Gasteiger partial charge in [0.2, 0.25) is 0 Å². The van der Waals surface area contributed by atoms with Crippen LogP contribution in [0.3, 0.4) is 0 Å². The van der Waals surface area contributed by atoms with Gasteiger partial charge in [0.15, 0.2) is 0 Å². The lowest BCUT2D eigenvalue weighted by Crippen LogP contribution is -1.98. The van der Waals surface area contributed by atoms with E-state index in [1.807, 2.05) is 0 Å². The number of nitrogens with zero attached hydrogens (tertiary/aromatic N) is 2. The first-order valence-electron chi connectivity index (χ1n) is 4.46. The topological polar surface area (TPSA) is 55.9 Å². The monoisotopic (exact) mass is 206 g/mol. The summed E-state index contributed by atoms with van der Waals surface area (Å²) in [4.78, 5) is 0. The zero-order valence-corrected chi connectivity index (χ0v) is 8.24. The van der Waals surface area contributed by atoms with Crippen molar-refractivity contribution in [1.82, 2.24) is 9.78 Å². The van der Waals surface area contributed by atoms with Gasteiger partial charge < -0.3 is 11.1 Å². The Balaban J connectivity index is 2.28. The molecular formula is C10H11FN4. The first kappa shape index (κ1) is 9.51. The van der Waals surface area contributed by atoms with Crippen LogP contribution < -0.4 is 11.1 Å². The van der Waals surface area contributed by atoms with E-state index in [-0.39, 0.29) is 5.69 Å². The fraction of sp³-hybridized carbons (Fsp3) is 0.100. The Morgan fingerprint density at radius 2 is 2.27 bits per heavy atom. The number of rotatable bonds is 2. The highest BCUT2D eigenvalue weighted by molar-refractivity contribution is 5.72. The molecule has 2 rings (SSSR count). The standard InChI is InChI=1S/C10H11FN4/c1-15-6-7(5-13-15)14-9-4-2-3-8(11)10(9)12/h2-6,14H,12H2,1H3. The SMILES string of the molecule is Cn1cc(Nc2cccc(F)c2N)cn1. The van der Waals surface area contributed by atoms with E-state index in [1.165, 1.54) is 6.07 Å². The molecule has 0 saturated carbocycles. The summed E-state index contributed by atoms with van der Waals surface area (Å²) in [6.07, 6.45) is 3.43. The van der Waals surface area contributed by atoms with Crippen LogP contribution in [0.4, 0.5) is 21.5 Å². The largest absolute Gasteiger partial charge is 0.395 e. The Labute approximate surface area is 86.5 Å². The Bertz CT molecular complexity index is 478. The first-order chi connectivity index (χ1) is 7.16. The summed E-state index contributed by atoms with van der Waals surface area (Å²) in [7, 11) is 1.81. The normalized spacial score (nSPS) is 10.3. The van der Waals surface area contributed by atoms with E-state index < -0.39 is 5.82 Å². The number of halogens is 1. The van der Waals surface area contributed by atoms with E-state index in [0.29, 0.717) is 5.69 Å². The summed E-state index contributed by atoms with van der Waals surface area (Å²) >= 11 is 0. The lowest BCUT2D eigenvalue weighted by molar-refractivity contribution is 0.633. The van der Waals surface area contributed by atoms with Crippen LogP contribution in [0.5, 0.6) is 0 Å². The quantitative estimate of drug-likeness (QED) is 0.738. The molecule has 0 unspecified atom stereocenters. The molecule has 4 nitrogen and oxygen atoms in total. The molecule has 3 N–H and O–H groups in total. The average Bonchev–Trinajstić information content (AvgIpc) is 2.59. The number of aryl methyl sites for hydroxylation is 1. The number of hydrogen-bond acceptors (Lipinski definition) is 3. The van der Waals surface area contributed by atoms with Crippen molar-refractivity contribution in [2.75, 3.05) is 11.1 Å². The third kappa shape index (κ3) is 1.90. The number of para-hydroxylation sites is 1. The maximum Gasteiger partial charge on any atom is 0.148 e. The molecule has 0 saturated heterocycles. The second-order valence-electron chi connectivity index (χ2n) is 3.23. The number of hydrogen-bond donors (Lipinski definition) is 2. The summed E-state index contributed by atoms with van der Waals surface area (Å²) in [6.45, 7) is 0. The number of aromatic nitrogens is 2. The molecule has 5 heteroatoms. The van der Waals surface area contributed by atoms with Gasteiger partial charge in [-0.1, -0.05) is 6.07 Å². The summed E-state index contributed by atoms with van der Waals surface area (Å²) in [5.41, 5.74) is 7.00.